The molecule has 0 bridgehead atoms. The van der Waals surface area contributed by atoms with E-state index in [1.807, 2.05) is 60.7 Å². The molecule has 0 aliphatic carbocycles. The summed E-state index contributed by atoms with van der Waals surface area (Å²) in [5, 5.41) is 3.18. The molecular weight excluding hydrogens is 360 g/mol. The number of benzene rings is 3. The van der Waals surface area contributed by atoms with E-state index in [-0.39, 0.29) is 11.9 Å². The van der Waals surface area contributed by atoms with Crippen LogP contribution < -0.4 is 10.1 Å². The van der Waals surface area contributed by atoms with E-state index in [1.165, 1.54) is 5.56 Å². The van der Waals surface area contributed by atoms with Crippen LogP contribution in [0.1, 0.15) is 27.9 Å². The first-order chi connectivity index (χ1) is 14.3. The highest BCUT2D eigenvalue weighted by atomic mass is 16.5. The Bertz CT molecular complexity index is 911. The van der Waals surface area contributed by atoms with Gasteiger partial charge in [-0.05, 0) is 41.8 Å². The topological polar surface area (TPSA) is 41.6 Å². The first-order valence-electron chi connectivity index (χ1n) is 10.1. The highest BCUT2D eigenvalue weighted by molar-refractivity contribution is 5.94. The number of amides is 1. The van der Waals surface area contributed by atoms with Gasteiger partial charge >= 0.3 is 0 Å². The monoisotopic (exact) mass is 386 g/mol. The number of nitrogens with one attached hydrogen (secondary N) is 1. The maximum atomic E-state index is 12.6. The third-order valence-electron chi connectivity index (χ3n) is 5.22. The van der Waals surface area contributed by atoms with Crippen molar-refractivity contribution in [1.82, 2.24) is 10.2 Å². The van der Waals surface area contributed by atoms with Crippen LogP contribution in [0.4, 0.5) is 0 Å². The molecule has 1 N–H and O–H groups in total. The van der Waals surface area contributed by atoms with Crippen molar-refractivity contribution in [3.63, 3.8) is 0 Å². The van der Waals surface area contributed by atoms with Crippen LogP contribution in [-0.2, 0) is 13.2 Å². The van der Waals surface area contributed by atoms with Gasteiger partial charge in [0.25, 0.3) is 5.91 Å². The van der Waals surface area contributed by atoms with Gasteiger partial charge in [-0.3, -0.25) is 9.69 Å². The minimum atomic E-state index is -0.00733. The van der Waals surface area contributed by atoms with Gasteiger partial charge in [-0.1, -0.05) is 60.7 Å². The van der Waals surface area contributed by atoms with Crippen molar-refractivity contribution in [2.75, 3.05) is 13.1 Å². The Labute approximate surface area is 172 Å². The van der Waals surface area contributed by atoms with E-state index in [0.29, 0.717) is 12.2 Å². The Morgan fingerprint density at radius 1 is 0.897 bits per heavy atom. The molecule has 1 amide bonds. The summed E-state index contributed by atoms with van der Waals surface area (Å²) in [6.45, 7) is 3.32. The third kappa shape index (κ3) is 5.46. The van der Waals surface area contributed by atoms with Crippen molar-refractivity contribution >= 4 is 5.91 Å². The predicted molar refractivity (Wildman–Crippen MR) is 115 cm³/mol. The fourth-order valence-electron chi connectivity index (χ4n) is 3.64. The summed E-state index contributed by atoms with van der Waals surface area (Å²) in [5.41, 5.74) is 3.04. The lowest BCUT2D eigenvalue weighted by atomic mass is 10.1. The first-order valence-corrected chi connectivity index (χ1v) is 10.1. The van der Waals surface area contributed by atoms with Crippen molar-refractivity contribution in [3.8, 4) is 5.75 Å². The maximum absolute atomic E-state index is 12.6. The van der Waals surface area contributed by atoms with Crippen LogP contribution in [0.5, 0.6) is 5.75 Å². The molecule has 0 spiro atoms. The molecule has 148 valence electrons. The van der Waals surface area contributed by atoms with Gasteiger partial charge in [0.15, 0.2) is 0 Å². The fraction of sp³-hybridized carbons (Fsp3) is 0.240. The Kier molecular flexibility index (Phi) is 6.22. The van der Waals surface area contributed by atoms with Crippen molar-refractivity contribution in [2.45, 2.75) is 25.6 Å². The molecular formula is C25H26N2O2. The number of hydrogen-bond acceptors (Lipinski definition) is 3. The SMILES string of the molecule is O=C(NC1CCN(Cc2ccccc2)C1)c1ccc(COc2ccccc2)cc1. The van der Waals surface area contributed by atoms with Crippen molar-refractivity contribution in [1.29, 1.82) is 0 Å². The summed E-state index contributed by atoms with van der Waals surface area (Å²) < 4.78 is 5.75. The summed E-state index contributed by atoms with van der Waals surface area (Å²) in [6.07, 6.45) is 0.988. The van der Waals surface area contributed by atoms with Crippen LogP contribution in [-0.4, -0.2) is 29.9 Å². The smallest absolute Gasteiger partial charge is 0.251 e. The third-order valence-corrected chi connectivity index (χ3v) is 5.22. The summed E-state index contributed by atoms with van der Waals surface area (Å²) >= 11 is 0. The maximum Gasteiger partial charge on any atom is 0.251 e. The zero-order valence-corrected chi connectivity index (χ0v) is 16.5. The minimum Gasteiger partial charge on any atom is -0.489 e. The van der Waals surface area contributed by atoms with E-state index in [9.17, 15) is 4.79 Å². The number of ether oxygens (including phenoxy) is 1. The number of hydrogen-bond donors (Lipinski definition) is 1. The number of likely N-dealkylation sites (tertiary alicyclic amines) is 1. The average Bonchev–Trinajstić information content (AvgIpc) is 3.20. The van der Waals surface area contributed by atoms with Gasteiger partial charge in [-0.2, -0.15) is 0 Å². The van der Waals surface area contributed by atoms with Crippen LogP contribution in [0.25, 0.3) is 0 Å². The summed E-state index contributed by atoms with van der Waals surface area (Å²) in [6, 6.07) is 28.1. The van der Waals surface area contributed by atoms with Gasteiger partial charge in [0.2, 0.25) is 0 Å². The lowest BCUT2D eigenvalue weighted by Gasteiger charge is -2.17. The van der Waals surface area contributed by atoms with Crippen LogP contribution >= 0.6 is 0 Å². The molecule has 1 fully saturated rings. The van der Waals surface area contributed by atoms with E-state index in [2.05, 4.69) is 34.5 Å². The van der Waals surface area contributed by atoms with Crippen LogP contribution in [0.15, 0.2) is 84.9 Å². The average molecular weight is 386 g/mol. The molecule has 0 aromatic heterocycles. The van der Waals surface area contributed by atoms with Gasteiger partial charge in [0, 0.05) is 31.2 Å². The number of rotatable bonds is 7. The zero-order chi connectivity index (χ0) is 19.9. The number of nitrogens with zero attached hydrogens (tertiary/aromatic N) is 1. The van der Waals surface area contributed by atoms with E-state index < -0.39 is 0 Å². The number of carbonyl (C=O) groups excluding carboxylic acids is 1. The molecule has 1 unspecified atom stereocenters. The fourth-order valence-corrected chi connectivity index (χ4v) is 3.64. The standard InChI is InChI=1S/C25H26N2O2/c28-25(26-23-15-16-27(18-23)17-20-7-3-1-4-8-20)22-13-11-21(12-14-22)19-29-24-9-5-2-6-10-24/h1-14,23H,15-19H2,(H,26,28). The van der Waals surface area contributed by atoms with Crippen LogP contribution in [0.2, 0.25) is 0 Å². The molecule has 0 saturated carbocycles. The largest absolute Gasteiger partial charge is 0.489 e. The Balaban J connectivity index is 1.25. The van der Waals surface area contributed by atoms with Gasteiger partial charge in [0.1, 0.15) is 12.4 Å². The summed E-state index contributed by atoms with van der Waals surface area (Å²) in [4.78, 5) is 15.0. The normalized spacial score (nSPS) is 16.5. The van der Waals surface area contributed by atoms with E-state index in [4.69, 9.17) is 4.74 Å². The summed E-state index contributed by atoms with van der Waals surface area (Å²) in [7, 11) is 0. The van der Waals surface area contributed by atoms with Gasteiger partial charge in [-0.15, -0.1) is 0 Å². The van der Waals surface area contributed by atoms with Crippen LogP contribution in [0.3, 0.4) is 0 Å². The highest BCUT2D eigenvalue weighted by Crippen LogP contribution is 2.15. The highest BCUT2D eigenvalue weighted by Gasteiger charge is 2.24. The minimum absolute atomic E-state index is 0.00733. The second-order valence-electron chi connectivity index (χ2n) is 7.48. The Hall–Kier alpha value is -3.11. The first kappa shape index (κ1) is 19.2. The van der Waals surface area contributed by atoms with Gasteiger partial charge in [0.05, 0.1) is 0 Å². The zero-order valence-electron chi connectivity index (χ0n) is 16.5. The van der Waals surface area contributed by atoms with Crippen molar-refractivity contribution in [3.05, 3.63) is 102 Å². The Morgan fingerprint density at radius 2 is 1.59 bits per heavy atom. The van der Waals surface area contributed by atoms with Gasteiger partial charge < -0.3 is 10.1 Å². The predicted octanol–water partition coefficient (Wildman–Crippen LogP) is 4.27. The molecule has 1 aliphatic heterocycles. The molecule has 4 rings (SSSR count). The molecule has 4 heteroatoms. The molecule has 1 atom stereocenters. The van der Waals surface area contributed by atoms with Crippen LogP contribution in [0, 0.1) is 0 Å². The van der Waals surface area contributed by atoms with E-state index in [0.717, 1.165) is 37.4 Å². The lowest BCUT2D eigenvalue weighted by molar-refractivity contribution is 0.0937. The van der Waals surface area contributed by atoms with Gasteiger partial charge in [-0.25, -0.2) is 0 Å². The second-order valence-corrected chi connectivity index (χ2v) is 7.48. The molecule has 29 heavy (non-hydrogen) atoms. The summed E-state index contributed by atoms with van der Waals surface area (Å²) in [5.74, 6) is 0.836. The lowest BCUT2D eigenvalue weighted by Crippen LogP contribution is -2.37. The molecule has 4 nitrogen and oxygen atoms in total. The van der Waals surface area contributed by atoms with Crippen molar-refractivity contribution < 1.29 is 9.53 Å². The molecule has 1 aliphatic rings. The quantitative estimate of drug-likeness (QED) is 0.659. The van der Waals surface area contributed by atoms with E-state index >= 15 is 0 Å². The van der Waals surface area contributed by atoms with E-state index in [1.54, 1.807) is 0 Å². The van der Waals surface area contributed by atoms with Crippen molar-refractivity contribution in [2.24, 2.45) is 0 Å². The molecule has 1 saturated heterocycles. The Morgan fingerprint density at radius 3 is 2.31 bits per heavy atom. The number of carbonyl (C=O) groups is 1. The number of para-hydroxylation sites is 1. The molecule has 3 aromatic carbocycles. The molecule has 3 aromatic rings. The second kappa shape index (κ2) is 9.39. The molecule has 0 radical (unpaired) electrons. The molecule has 1 heterocycles.